The van der Waals surface area contributed by atoms with Crippen LogP contribution in [0.25, 0.3) is 21.9 Å². The molecule has 2 aromatic carbocycles. The Morgan fingerprint density at radius 3 is 2.89 bits per heavy atom. The Kier molecular flexibility index (Phi) is 3.19. The monoisotopic (exact) mass is 244 g/mol. The summed E-state index contributed by atoms with van der Waals surface area (Å²) in [6.45, 7) is 3.95. The summed E-state index contributed by atoms with van der Waals surface area (Å²) in [7, 11) is 0. The zero-order chi connectivity index (χ0) is 13.1. The average Bonchev–Trinajstić information content (AvgIpc) is 2.47. The topological polar surface area (TPSA) is 25.2 Å². The van der Waals surface area contributed by atoms with Gasteiger partial charge >= 0.3 is 112 Å². The van der Waals surface area contributed by atoms with Crippen LogP contribution in [0.5, 0.6) is 0 Å². The van der Waals surface area contributed by atoms with E-state index < -0.39 is 0 Å². The van der Waals surface area contributed by atoms with Crippen LogP contribution in [0, 0.1) is 0 Å². The van der Waals surface area contributed by atoms with E-state index in [0.717, 1.165) is 16.9 Å². The maximum absolute atomic E-state index is 4.53. The first-order valence-electron chi connectivity index (χ1n) is 6.31. The van der Waals surface area contributed by atoms with Gasteiger partial charge in [-0.1, -0.05) is 0 Å². The molecule has 0 bridgehead atoms. The number of aliphatic imine (C=N–C) groups is 1. The number of hydrogen-bond acceptors (Lipinski definition) is 2. The molecule has 0 radical (unpaired) electrons. The Hall–Kier alpha value is -2.29. The third kappa shape index (κ3) is 2.32. The molecule has 19 heavy (non-hydrogen) atoms. The van der Waals surface area contributed by atoms with Gasteiger partial charge in [0.1, 0.15) is 0 Å². The van der Waals surface area contributed by atoms with Gasteiger partial charge in [-0.3, -0.25) is 0 Å². The van der Waals surface area contributed by atoms with Gasteiger partial charge in [-0.15, -0.1) is 0 Å². The molecule has 0 spiro atoms. The van der Waals surface area contributed by atoms with E-state index in [1.54, 1.807) is 6.21 Å². The molecule has 3 rings (SSSR count). The molecule has 0 fully saturated rings. The van der Waals surface area contributed by atoms with Crippen molar-refractivity contribution in [3.8, 4) is 11.3 Å². The molecule has 0 saturated carbocycles. The Morgan fingerprint density at radius 2 is 2.00 bits per heavy atom. The van der Waals surface area contributed by atoms with Crippen LogP contribution < -0.4 is 0 Å². The number of hydrogen-bond donors (Lipinski definition) is 0. The number of fused-ring (bicyclic) bond motifs is 1. The number of nitrogens with zero attached hydrogens (tertiary/aromatic N) is 2. The first kappa shape index (κ1) is 11.8. The van der Waals surface area contributed by atoms with Gasteiger partial charge < -0.3 is 0 Å². The Bertz CT molecular complexity index is 745. The van der Waals surface area contributed by atoms with Crippen molar-refractivity contribution in [1.82, 2.24) is 4.98 Å². The molecule has 0 unspecified atom stereocenters. The van der Waals surface area contributed by atoms with Gasteiger partial charge in [-0.25, -0.2) is 0 Å². The van der Waals surface area contributed by atoms with Crippen molar-refractivity contribution in [2.75, 3.05) is 0 Å². The summed E-state index contributed by atoms with van der Waals surface area (Å²) in [6.07, 6.45) is 3.66. The second-order valence-electron chi connectivity index (χ2n) is 4.32. The van der Waals surface area contributed by atoms with E-state index in [0.29, 0.717) is 0 Å². The second-order valence-corrected chi connectivity index (χ2v) is 4.32. The van der Waals surface area contributed by atoms with Crippen LogP contribution in [0.4, 0.5) is 5.69 Å². The van der Waals surface area contributed by atoms with Crippen LogP contribution in [0.1, 0.15) is 6.92 Å². The summed E-state index contributed by atoms with van der Waals surface area (Å²) in [5.74, 6) is 0. The van der Waals surface area contributed by atoms with Gasteiger partial charge in [0.15, 0.2) is 0 Å². The molecular formula is C16H13BN2. The average molecular weight is 244 g/mol. The zero-order valence-corrected chi connectivity index (χ0v) is 10.7. The van der Waals surface area contributed by atoms with Crippen LogP contribution in [-0.4, -0.2) is 18.1 Å². The summed E-state index contributed by atoms with van der Waals surface area (Å²) in [6, 6.07) is 16.4. The fraction of sp³-hybridized carbons (Fsp3) is 0.0625. The first-order valence-corrected chi connectivity index (χ1v) is 6.31. The zero-order valence-electron chi connectivity index (χ0n) is 10.7. The molecule has 0 aliphatic rings. The SMILES string of the molecule is CC=Nc1cccc(-c2ncbc3ccccc23)c1. The molecule has 0 N–H and O–H groups in total. The normalized spacial score (nSPS) is 11.0. The molecule has 0 atom stereocenters. The van der Waals surface area contributed by atoms with Gasteiger partial charge in [0, 0.05) is 0 Å². The minimum absolute atomic E-state index is 0.953. The van der Waals surface area contributed by atoms with Gasteiger partial charge in [-0.2, -0.15) is 0 Å². The Labute approximate surface area is 113 Å². The van der Waals surface area contributed by atoms with Gasteiger partial charge in [-0.05, 0) is 0 Å². The molecular weight excluding hydrogens is 231 g/mol. The predicted octanol–water partition coefficient (Wildman–Crippen LogP) is 3.96. The van der Waals surface area contributed by atoms with Crippen molar-refractivity contribution in [3.05, 3.63) is 54.6 Å². The molecule has 0 amide bonds. The Balaban J connectivity index is 2.21. The maximum atomic E-state index is 4.53. The van der Waals surface area contributed by atoms with Crippen LogP contribution in [0.15, 0.2) is 59.6 Å². The van der Waals surface area contributed by atoms with Crippen molar-refractivity contribution in [2.45, 2.75) is 6.92 Å². The van der Waals surface area contributed by atoms with Gasteiger partial charge in [0.05, 0.1) is 0 Å². The van der Waals surface area contributed by atoms with Crippen molar-refractivity contribution in [1.29, 1.82) is 0 Å². The minimum atomic E-state index is 0.953. The molecule has 3 aromatic rings. The third-order valence-electron chi connectivity index (χ3n) is 3.07. The quantitative estimate of drug-likeness (QED) is 0.626. The molecule has 3 heteroatoms. The number of rotatable bonds is 2. The molecule has 2 nitrogen and oxygen atoms in total. The van der Waals surface area contributed by atoms with E-state index in [4.69, 9.17) is 0 Å². The van der Waals surface area contributed by atoms with Crippen molar-refractivity contribution in [3.63, 3.8) is 0 Å². The molecule has 0 aliphatic heterocycles. The molecule has 1 heterocycles. The third-order valence-corrected chi connectivity index (χ3v) is 3.07. The summed E-state index contributed by atoms with van der Waals surface area (Å²) in [4.78, 5) is 8.85. The fourth-order valence-corrected chi connectivity index (χ4v) is 2.23. The van der Waals surface area contributed by atoms with E-state index in [-0.39, 0.29) is 0 Å². The number of aromatic nitrogens is 1. The summed E-state index contributed by atoms with van der Waals surface area (Å²) < 4.78 is 0. The molecule has 0 aliphatic carbocycles. The molecule has 1 aromatic heterocycles. The van der Waals surface area contributed by atoms with E-state index >= 15 is 0 Å². The molecule has 0 saturated heterocycles. The van der Waals surface area contributed by atoms with Crippen LogP contribution in [-0.2, 0) is 0 Å². The van der Waals surface area contributed by atoms with E-state index in [2.05, 4.69) is 34.2 Å². The molecule has 90 valence electrons. The number of benzene rings is 2. The van der Waals surface area contributed by atoms with Crippen LogP contribution in [0.2, 0.25) is 0 Å². The van der Waals surface area contributed by atoms with E-state index in [9.17, 15) is 0 Å². The van der Waals surface area contributed by atoms with Crippen LogP contribution in [0.3, 0.4) is 0 Å². The predicted molar refractivity (Wildman–Crippen MR) is 82.4 cm³/mol. The van der Waals surface area contributed by atoms with Crippen molar-refractivity contribution in [2.24, 2.45) is 4.99 Å². The van der Waals surface area contributed by atoms with Crippen molar-refractivity contribution < 1.29 is 0 Å². The Morgan fingerprint density at radius 1 is 1.11 bits per heavy atom. The summed E-state index contributed by atoms with van der Waals surface area (Å²) in [5, 5.41) is 2.37. The van der Waals surface area contributed by atoms with E-state index in [1.165, 1.54) is 10.7 Å². The second kappa shape index (κ2) is 5.15. The van der Waals surface area contributed by atoms with Gasteiger partial charge in [0.2, 0.25) is 0 Å². The fourth-order valence-electron chi connectivity index (χ4n) is 2.23. The summed E-state index contributed by atoms with van der Waals surface area (Å²) >= 11 is 0. The first-order chi connectivity index (χ1) is 9.38. The van der Waals surface area contributed by atoms with Crippen LogP contribution >= 0.6 is 0 Å². The van der Waals surface area contributed by atoms with E-state index in [1.807, 2.05) is 44.2 Å². The van der Waals surface area contributed by atoms with Gasteiger partial charge in [0.25, 0.3) is 0 Å². The summed E-state index contributed by atoms with van der Waals surface area (Å²) in [5.41, 5.74) is 3.06. The van der Waals surface area contributed by atoms with Crippen molar-refractivity contribution >= 4 is 29.5 Å². The standard InChI is InChI=1S/C16H13BN2/c1-2-18-13-7-5-6-12(10-13)16-14-8-3-4-9-15(14)17-11-19-16/h2-11H,1H3.